The van der Waals surface area contributed by atoms with Gasteiger partial charge in [0.1, 0.15) is 12.6 Å². The molecule has 184 valence electrons. The van der Waals surface area contributed by atoms with Crippen LogP contribution in [0.4, 0.5) is 0 Å². The number of ketones is 1. The molecule has 0 aromatic rings. The van der Waals surface area contributed by atoms with Gasteiger partial charge in [-0.1, -0.05) is 6.92 Å². The van der Waals surface area contributed by atoms with Crippen molar-refractivity contribution in [3.05, 3.63) is 0 Å². The first-order valence-corrected chi connectivity index (χ1v) is 15.7. The van der Waals surface area contributed by atoms with Crippen LogP contribution < -0.4 is 0 Å². The van der Waals surface area contributed by atoms with E-state index < -0.39 is 11.9 Å². The molecule has 4 aliphatic heterocycles. The third-order valence-corrected chi connectivity index (χ3v) is 13.3. The highest BCUT2D eigenvalue weighted by molar-refractivity contribution is 8.21. The van der Waals surface area contributed by atoms with Crippen LogP contribution in [0.2, 0.25) is 0 Å². The second-order valence-electron chi connectivity index (χ2n) is 9.12. The fraction of sp³-hybridized carbons (Fsp3) is 0.955. The first-order valence-electron chi connectivity index (χ1n) is 11.5. The molecule has 0 aromatic carbocycles. The van der Waals surface area contributed by atoms with E-state index in [-0.39, 0.29) is 46.4 Å². The molecule has 0 aromatic heterocycles. The van der Waals surface area contributed by atoms with Crippen LogP contribution in [0, 0.1) is 23.7 Å². The number of aliphatic hydroxyl groups is 1. The third kappa shape index (κ3) is 5.19. The van der Waals surface area contributed by atoms with Crippen LogP contribution in [0.1, 0.15) is 20.3 Å². The predicted octanol–water partition coefficient (Wildman–Crippen LogP) is 3.21. The normalized spacial score (nSPS) is 35.1. The summed E-state index contributed by atoms with van der Waals surface area (Å²) in [5, 5.41) is 11.3. The molecule has 0 amide bonds. The molecular formula is C22H36O6S4. The summed E-state index contributed by atoms with van der Waals surface area (Å²) in [5.74, 6) is 4.15. The second kappa shape index (κ2) is 11.3. The van der Waals surface area contributed by atoms with E-state index in [2.05, 4.69) is 13.8 Å². The number of carbonyl (C=O) groups excluding carboxylic acids is 1. The van der Waals surface area contributed by atoms with Crippen molar-refractivity contribution >= 4 is 52.8 Å². The summed E-state index contributed by atoms with van der Waals surface area (Å²) in [7, 11) is 1.61. The highest BCUT2D eigenvalue weighted by Gasteiger charge is 2.55. The van der Waals surface area contributed by atoms with Crippen molar-refractivity contribution < 1.29 is 28.8 Å². The molecule has 0 bridgehead atoms. The zero-order valence-electron chi connectivity index (χ0n) is 19.2. The van der Waals surface area contributed by atoms with Gasteiger partial charge in [-0.05, 0) is 12.7 Å². The average molecular weight is 525 g/mol. The van der Waals surface area contributed by atoms with Gasteiger partial charge in [-0.3, -0.25) is 4.79 Å². The molecule has 6 nitrogen and oxygen atoms in total. The Balaban J connectivity index is 1.54. The fourth-order valence-electron chi connectivity index (χ4n) is 5.31. The van der Waals surface area contributed by atoms with Crippen molar-refractivity contribution in [2.24, 2.45) is 23.7 Å². The van der Waals surface area contributed by atoms with Gasteiger partial charge < -0.3 is 24.1 Å². The van der Waals surface area contributed by atoms with Gasteiger partial charge in [-0.2, -0.15) is 23.5 Å². The predicted molar refractivity (Wildman–Crippen MR) is 135 cm³/mol. The van der Waals surface area contributed by atoms with Crippen LogP contribution in [0.5, 0.6) is 0 Å². The summed E-state index contributed by atoms with van der Waals surface area (Å²) in [6.07, 6.45) is -0.200. The Labute approximate surface area is 208 Å². The minimum atomic E-state index is -0.669. The largest absolute Gasteiger partial charge is 0.392 e. The second-order valence-corrected chi connectivity index (χ2v) is 14.7. The number of aliphatic hydroxyl groups excluding tert-OH is 1. The van der Waals surface area contributed by atoms with E-state index in [9.17, 15) is 9.90 Å². The Morgan fingerprint density at radius 3 is 2.47 bits per heavy atom. The Kier molecular flexibility index (Phi) is 9.15. The van der Waals surface area contributed by atoms with Gasteiger partial charge in [0.2, 0.25) is 0 Å². The van der Waals surface area contributed by atoms with Crippen LogP contribution in [0.15, 0.2) is 0 Å². The minimum absolute atomic E-state index is 0.0321. The van der Waals surface area contributed by atoms with Gasteiger partial charge in [0.25, 0.3) is 0 Å². The van der Waals surface area contributed by atoms with Crippen molar-refractivity contribution in [2.75, 3.05) is 61.6 Å². The Morgan fingerprint density at radius 2 is 1.78 bits per heavy atom. The molecule has 0 saturated carbocycles. The Morgan fingerprint density at radius 1 is 1.09 bits per heavy atom. The van der Waals surface area contributed by atoms with E-state index in [0.29, 0.717) is 24.7 Å². The van der Waals surface area contributed by atoms with Gasteiger partial charge in [0.15, 0.2) is 5.79 Å². The first-order chi connectivity index (χ1) is 15.4. The molecular weight excluding hydrogens is 489 g/mol. The van der Waals surface area contributed by atoms with Gasteiger partial charge in [0, 0.05) is 54.1 Å². The fourth-order valence-corrected chi connectivity index (χ4v) is 11.1. The molecule has 32 heavy (non-hydrogen) atoms. The Bertz CT molecular complexity index is 640. The van der Waals surface area contributed by atoms with Crippen LogP contribution >= 0.6 is 47.0 Å². The van der Waals surface area contributed by atoms with Crippen molar-refractivity contribution in [1.29, 1.82) is 0 Å². The van der Waals surface area contributed by atoms with E-state index in [4.69, 9.17) is 18.9 Å². The third-order valence-electron chi connectivity index (χ3n) is 7.34. The summed E-state index contributed by atoms with van der Waals surface area (Å²) in [5.41, 5.74) is 0. The van der Waals surface area contributed by atoms with E-state index in [1.54, 1.807) is 18.9 Å². The monoisotopic (exact) mass is 524 g/mol. The molecule has 4 rings (SSSR count). The molecule has 4 saturated heterocycles. The summed E-state index contributed by atoms with van der Waals surface area (Å²) in [6, 6.07) is 0. The summed E-state index contributed by atoms with van der Waals surface area (Å²) < 4.78 is 23.7. The van der Waals surface area contributed by atoms with E-state index in [1.807, 2.05) is 35.3 Å². The maximum absolute atomic E-state index is 13.8. The van der Waals surface area contributed by atoms with Crippen molar-refractivity contribution in [2.45, 2.75) is 42.3 Å². The highest BCUT2D eigenvalue weighted by atomic mass is 32.2. The SMILES string of the molecule is COCO[C@H]([C@H]1CSC[C@H]([C@@H](O)[C@H](C)C2(C)SCCS2)C1=O)[C@@H]1CSCCC12OCCO2. The van der Waals surface area contributed by atoms with Gasteiger partial charge in [-0.25, -0.2) is 0 Å². The standard InChI is InChI=1S/C22H36O6S4/c1-14(21(2)31-8-9-32-21)18(23)15-10-30-11-16(19(15)24)20(26-13-25-3)17-12-29-7-4-22(17)27-5-6-28-22/h14-18,20,23H,4-13H2,1-3H3/t14-,15+,16-,17-,18-,20+/m0/s1. The number of thioether (sulfide) groups is 4. The van der Waals surface area contributed by atoms with E-state index in [1.165, 1.54) is 0 Å². The summed E-state index contributed by atoms with van der Waals surface area (Å²) in [6.45, 7) is 5.61. The quantitative estimate of drug-likeness (QED) is 0.479. The van der Waals surface area contributed by atoms with E-state index >= 15 is 0 Å². The number of methoxy groups -OCH3 is 1. The Hall–Kier alpha value is 0.870. The number of hydrogen-bond donors (Lipinski definition) is 1. The molecule has 4 fully saturated rings. The molecule has 4 aliphatic rings. The zero-order valence-corrected chi connectivity index (χ0v) is 22.4. The zero-order chi connectivity index (χ0) is 22.8. The van der Waals surface area contributed by atoms with Crippen molar-refractivity contribution in [3.63, 3.8) is 0 Å². The molecule has 4 heterocycles. The van der Waals surface area contributed by atoms with E-state index in [0.717, 1.165) is 29.4 Å². The smallest absolute Gasteiger partial charge is 0.175 e. The van der Waals surface area contributed by atoms with Gasteiger partial charge in [-0.15, -0.1) is 23.5 Å². The molecule has 6 atom stereocenters. The molecule has 0 radical (unpaired) electrons. The van der Waals surface area contributed by atoms with Gasteiger partial charge >= 0.3 is 0 Å². The lowest BCUT2D eigenvalue weighted by atomic mass is 9.77. The molecule has 0 aliphatic carbocycles. The minimum Gasteiger partial charge on any atom is -0.392 e. The first kappa shape index (κ1) is 25.9. The van der Waals surface area contributed by atoms with Crippen LogP contribution in [-0.4, -0.2) is 94.6 Å². The number of carbonyl (C=O) groups is 1. The van der Waals surface area contributed by atoms with Gasteiger partial charge in [0.05, 0.1) is 41.3 Å². The van der Waals surface area contributed by atoms with Crippen LogP contribution in [-0.2, 0) is 23.7 Å². The topological polar surface area (TPSA) is 74.2 Å². The maximum atomic E-state index is 13.8. The van der Waals surface area contributed by atoms with Crippen molar-refractivity contribution in [3.8, 4) is 0 Å². The number of rotatable bonds is 8. The number of hydrogen-bond acceptors (Lipinski definition) is 10. The lowest BCUT2D eigenvalue weighted by molar-refractivity contribution is -0.234. The molecule has 10 heteroatoms. The summed E-state index contributed by atoms with van der Waals surface area (Å²) in [4.78, 5) is 13.8. The number of ether oxygens (including phenoxy) is 4. The summed E-state index contributed by atoms with van der Waals surface area (Å²) >= 11 is 7.44. The van der Waals surface area contributed by atoms with Crippen molar-refractivity contribution in [1.82, 2.24) is 0 Å². The lowest BCUT2D eigenvalue weighted by Crippen LogP contribution is -2.56. The number of Topliss-reactive ketones (excluding diaryl/α,β-unsaturated/α-hetero) is 1. The molecule has 1 spiro atoms. The van der Waals surface area contributed by atoms with Crippen LogP contribution in [0.3, 0.4) is 0 Å². The average Bonchev–Trinajstić information content (AvgIpc) is 3.45. The highest BCUT2D eigenvalue weighted by Crippen LogP contribution is 2.51. The maximum Gasteiger partial charge on any atom is 0.175 e. The molecule has 0 unspecified atom stereocenters. The molecule has 1 N–H and O–H groups in total. The lowest BCUT2D eigenvalue weighted by Gasteiger charge is -2.46. The van der Waals surface area contributed by atoms with Crippen LogP contribution in [0.25, 0.3) is 0 Å².